The molecular weight excluding hydrogens is 312 g/mol. The van der Waals surface area contributed by atoms with E-state index in [0.29, 0.717) is 11.4 Å². The molecule has 0 fully saturated rings. The molecule has 0 heterocycles. The molecule has 2 aromatic rings. The number of hydrogen-bond donors (Lipinski definition) is 1. The van der Waals surface area contributed by atoms with E-state index in [2.05, 4.69) is 15.9 Å². The van der Waals surface area contributed by atoms with Gasteiger partial charge in [-0.1, -0.05) is 51.8 Å². The van der Waals surface area contributed by atoms with Gasteiger partial charge in [0, 0.05) is 15.9 Å². The average molecular weight is 326 g/mol. The highest BCUT2D eigenvalue weighted by molar-refractivity contribution is 9.10. The lowest BCUT2D eigenvalue weighted by Crippen LogP contribution is -2.24. The maximum atomic E-state index is 10.6. The Kier molecular flexibility index (Phi) is 4.10. The summed E-state index contributed by atoms with van der Waals surface area (Å²) in [4.78, 5) is 0. The summed E-state index contributed by atoms with van der Waals surface area (Å²) < 4.78 is 1.02. The lowest BCUT2D eigenvalue weighted by Gasteiger charge is -2.24. The van der Waals surface area contributed by atoms with E-state index in [9.17, 15) is 5.11 Å². The van der Waals surface area contributed by atoms with Crippen LogP contribution in [0.1, 0.15) is 18.1 Å². The predicted molar refractivity (Wildman–Crippen MR) is 78.9 cm³/mol. The van der Waals surface area contributed by atoms with Crippen molar-refractivity contribution >= 4 is 27.5 Å². The van der Waals surface area contributed by atoms with E-state index >= 15 is 0 Å². The highest BCUT2D eigenvalue weighted by Gasteiger charge is 2.23. The molecule has 1 atom stereocenters. The Bertz CT molecular complexity index is 534. The fourth-order valence-electron chi connectivity index (χ4n) is 1.96. The maximum Gasteiger partial charge on any atom is 0.0908 e. The summed E-state index contributed by atoms with van der Waals surface area (Å²) in [5.41, 5.74) is 1.06. The molecule has 1 unspecified atom stereocenters. The SMILES string of the molecule is CC(O)(Cc1cccc(Br)c1)c1ccc(Cl)cc1. The van der Waals surface area contributed by atoms with Crippen molar-refractivity contribution < 1.29 is 5.11 Å². The fourth-order valence-corrected chi connectivity index (χ4v) is 2.53. The van der Waals surface area contributed by atoms with Crippen LogP contribution in [0.2, 0.25) is 5.02 Å². The van der Waals surface area contributed by atoms with Gasteiger partial charge in [-0.3, -0.25) is 0 Å². The van der Waals surface area contributed by atoms with Crippen molar-refractivity contribution in [1.29, 1.82) is 0 Å². The minimum absolute atomic E-state index is 0.564. The van der Waals surface area contributed by atoms with Crippen LogP contribution in [0.15, 0.2) is 53.0 Å². The second-order valence-electron chi connectivity index (χ2n) is 4.59. The smallest absolute Gasteiger partial charge is 0.0908 e. The van der Waals surface area contributed by atoms with Crippen molar-refractivity contribution in [2.75, 3.05) is 0 Å². The van der Waals surface area contributed by atoms with Crippen LogP contribution in [-0.4, -0.2) is 5.11 Å². The molecule has 0 spiro atoms. The Labute approximate surface area is 121 Å². The van der Waals surface area contributed by atoms with Crippen LogP contribution in [0.4, 0.5) is 0 Å². The molecule has 94 valence electrons. The minimum Gasteiger partial charge on any atom is -0.385 e. The van der Waals surface area contributed by atoms with Crippen molar-refractivity contribution in [3.8, 4) is 0 Å². The molecule has 0 amide bonds. The lowest BCUT2D eigenvalue weighted by molar-refractivity contribution is 0.0576. The zero-order chi connectivity index (χ0) is 13.2. The van der Waals surface area contributed by atoms with E-state index in [1.165, 1.54) is 0 Å². The molecule has 0 aromatic heterocycles. The van der Waals surface area contributed by atoms with Crippen LogP contribution < -0.4 is 0 Å². The van der Waals surface area contributed by atoms with Gasteiger partial charge in [-0.25, -0.2) is 0 Å². The second-order valence-corrected chi connectivity index (χ2v) is 5.94. The largest absolute Gasteiger partial charge is 0.385 e. The first kappa shape index (κ1) is 13.6. The van der Waals surface area contributed by atoms with Crippen LogP contribution in [-0.2, 0) is 12.0 Å². The average Bonchev–Trinajstić information content (AvgIpc) is 2.29. The van der Waals surface area contributed by atoms with Crippen molar-refractivity contribution in [3.63, 3.8) is 0 Å². The minimum atomic E-state index is -0.897. The first-order chi connectivity index (χ1) is 8.47. The summed E-state index contributed by atoms with van der Waals surface area (Å²) in [5, 5.41) is 11.2. The van der Waals surface area contributed by atoms with Gasteiger partial charge in [-0.2, -0.15) is 0 Å². The van der Waals surface area contributed by atoms with Gasteiger partial charge in [0.15, 0.2) is 0 Å². The van der Waals surface area contributed by atoms with Gasteiger partial charge in [-0.15, -0.1) is 0 Å². The highest BCUT2D eigenvalue weighted by atomic mass is 79.9. The molecule has 0 aliphatic carbocycles. The van der Waals surface area contributed by atoms with Gasteiger partial charge in [0.2, 0.25) is 0 Å². The zero-order valence-corrected chi connectivity index (χ0v) is 12.4. The summed E-state index contributed by atoms with van der Waals surface area (Å²) in [6.45, 7) is 1.82. The van der Waals surface area contributed by atoms with E-state index in [1.54, 1.807) is 12.1 Å². The molecule has 3 heteroatoms. The topological polar surface area (TPSA) is 20.2 Å². The quantitative estimate of drug-likeness (QED) is 0.877. The Morgan fingerprint density at radius 1 is 1.17 bits per heavy atom. The number of rotatable bonds is 3. The molecule has 0 bridgehead atoms. The van der Waals surface area contributed by atoms with Crippen LogP contribution in [0.25, 0.3) is 0 Å². The highest BCUT2D eigenvalue weighted by Crippen LogP contribution is 2.27. The van der Waals surface area contributed by atoms with Crippen LogP contribution in [0.3, 0.4) is 0 Å². The number of halogens is 2. The Morgan fingerprint density at radius 2 is 1.83 bits per heavy atom. The van der Waals surface area contributed by atoms with Gasteiger partial charge < -0.3 is 5.11 Å². The molecule has 0 aliphatic heterocycles. The molecule has 2 aromatic carbocycles. The van der Waals surface area contributed by atoms with Gasteiger partial charge in [0.1, 0.15) is 0 Å². The Balaban J connectivity index is 2.23. The first-order valence-corrected chi connectivity index (χ1v) is 6.87. The van der Waals surface area contributed by atoms with E-state index < -0.39 is 5.60 Å². The summed E-state index contributed by atoms with van der Waals surface area (Å²) in [6, 6.07) is 15.3. The van der Waals surface area contributed by atoms with Crippen LogP contribution in [0.5, 0.6) is 0 Å². The second kappa shape index (κ2) is 5.43. The number of benzene rings is 2. The summed E-state index contributed by atoms with van der Waals surface area (Å²) in [7, 11) is 0. The molecule has 0 aliphatic rings. The summed E-state index contributed by atoms with van der Waals surface area (Å²) in [5.74, 6) is 0. The molecule has 0 radical (unpaired) electrons. The third-order valence-electron chi connectivity index (χ3n) is 2.90. The van der Waals surface area contributed by atoms with Crippen molar-refractivity contribution in [2.24, 2.45) is 0 Å². The van der Waals surface area contributed by atoms with Crippen molar-refractivity contribution in [1.82, 2.24) is 0 Å². The third kappa shape index (κ3) is 3.35. The Hall–Kier alpha value is -0.830. The predicted octanol–water partition coefficient (Wildman–Crippen LogP) is 4.55. The molecule has 2 rings (SSSR count). The van der Waals surface area contributed by atoms with Crippen LogP contribution in [0, 0.1) is 0 Å². The monoisotopic (exact) mass is 324 g/mol. The standard InChI is InChI=1S/C15H14BrClO/c1-15(18,12-5-7-14(17)8-6-12)10-11-3-2-4-13(16)9-11/h2-9,18H,10H2,1H3. The van der Waals surface area contributed by atoms with E-state index in [1.807, 2.05) is 43.3 Å². The molecule has 0 saturated carbocycles. The van der Waals surface area contributed by atoms with E-state index in [-0.39, 0.29) is 0 Å². The van der Waals surface area contributed by atoms with Crippen LogP contribution >= 0.6 is 27.5 Å². The molecule has 0 saturated heterocycles. The maximum absolute atomic E-state index is 10.6. The number of hydrogen-bond acceptors (Lipinski definition) is 1. The third-order valence-corrected chi connectivity index (χ3v) is 3.65. The summed E-state index contributed by atoms with van der Waals surface area (Å²) in [6.07, 6.45) is 0.564. The number of aliphatic hydroxyl groups is 1. The molecular formula is C15H14BrClO. The molecule has 1 nitrogen and oxygen atoms in total. The lowest BCUT2D eigenvalue weighted by atomic mass is 9.89. The van der Waals surface area contributed by atoms with Gasteiger partial charge >= 0.3 is 0 Å². The van der Waals surface area contributed by atoms with Crippen molar-refractivity contribution in [3.05, 3.63) is 69.2 Å². The fraction of sp³-hybridized carbons (Fsp3) is 0.200. The molecule has 1 N–H and O–H groups in total. The zero-order valence-electron chi connectivity index (χ0n) is 10.0. The van der Waals surface area contributed by atoms with E-state index in [0.717, 1.165) is 15.6 Å². The normalized spacial score (nSPS) is 14.2. The van der Waals surface area contributed by atoms with Gasteiger partial charge in [0.25, 0.3) is 0 Å². The molecule has 18 heavy (non-hydrogen) atoms. The van der Waals surface area contributed by atoms with E-state index in [4.69, 9.17) is 11.6 Å². The Morgan fingerprint density at radius 3 is 2.44 bits per heavy atom. The summed E-state index contributed by atoms with van der Waals surface area (Å²) >= 11 is 9.29. The van der Waals surface area contributed by atoms with Gasteiger partial charge in [-0.05, 0) is 42.3 Å². The first-order valence-electron chi connectivity index (χ1n) is 5.70. The van der Waals surface area contributed by atoms with Crippen molar-refractivity contribution in [2.45, 2.75) is 18.9 Å². The van der Waals surface area contributed by atoms with Gasteiger partial charge in [0.05, 0.1) is 5.60 Å².